The van der Waals surface area contributed by atoms with Crippen molar-refractivity contribution in [2.75, 3.05) is 26.3 Å². The van der Waals surface area contributed by atoms with Crippen LogP contribution in [0.1, 0.15) is 25.0 Å². The standard InChI is InChI=1S/C14H21N3O2/c1-16-12(3-7-15-16)4-8-17-10-14(5-2-13(17)18)6-9-19-11-14/h3,7H,2,4-6,8-11H2,1H3. The Morgan fingerprint density at radius 3 is 3.05 bits per heavy atom. The monoisotopic (exact) mass is 263 g/mol. The van der Waals surface area contributed by atoms with Gasteiger partial charge in [-0.05, 0) is 18.9 Å². The molecular weight excluding hydrogens is 242 g/mol. The molecule has 1 amide bonds. The largest absolute Gasteiger partial charge is 0.381 e. The van der Waals surface area contributed by atoms with Crippen LogP contribution in [0.4, 0.5) is 0 Å². The molecule has 1 unspecified atom stereocenters. The predicted molar refractivity (Wildman–Crippen MR) is 70.6 cm³/mol. The lowest BCUT2D eigenvalue weighted by atomic mass is 9.79. The van der Waals surface area contributed by atoms with Gasteiger partial charge in [0.1, 0.15) is 0 Å². The number of amides is 1. The summed E-state index contributed by atoms with van der Waals surface area (Å²) in [7, 11) is 1.94. The number of carbonyl (C=O) groups excluding carboxylic acids is 1. The van der Waals surface area contributed by atoms with Gasteiger partial charge >= 0.3 is 0 Å². The topological polar surface area (TPSA) is 47.4 Å². The van der Waals surface area contributed by atoms with Crippen LogP contribution in [0.2, 0.25) is 0 Å². The van der Waals surface area contributed by atoms with Crippen LogP contribution in [0.5, 0.6) is 0 Å². The number of hydrogen-bond acceptors (Lipinski definition) is 3. The molecule has 1 aromatic rings. The van der Waals surface area contributed by atoms with Crippen molar-refractivity contribution in [2.24, 2.45) is 12.5 Å². The maximum absolute atomic E-state index is 12.0. The first-order valence-electron chi connectivity index (χ1n) is 7.01. The van der Waals surface area contributed by atoms with Gasteiger partial charge in [-0.2, -0.15) is 5.10 Å². The predicted octanol–water partition coefficient (Wildman–Crippen LogP) is 0.992. The molecule has 3 rings (SSSR count). The molecule has 5 heteroatoms. The van der Waals surface area contributed by atoms with Gasteiger partial charge < -0.3 is 9.64 Å². The van der Waals surface area contributed by atoms with E-state index in [4.69, 9.17) is 4.74 Å². The fourth-order valence-corrected chi connectivity index (χ4v) is 3.17. The summed E-state index contributed by atoms with van der Waals surface area (Å²) in [5.41, 5.74) is 1.41. The first-order chi connectivity index (χ1) is 9.19. The Kier molecular flexibility index (Phi) is 3.31. The summed E-state index contributed by atoms with van der Waals surface area (Å²) >= 11 is 0. The molecule has 2 saturated heterocycles. The van der Waals surface area contributed by atoms with Crippen LogP contribution in [0.3, 0.4) is 0 Å². The van der Waals surface area contributed by atoms with Crippen LogP contribution in [0.15, 0.2) is 12.3 Å². The van der Waals surface area contributed by atoms with Crippen LogP contribution in [-0.4, -0.2) is 46.9 Å². The summed E-state index contributed by atoms with van der Waals surface area (Å²) < 4.78 is 7.42. The van der Waals surface area contributed by atoms with Crippen LogP contribution >= 0.6 is 0 Å². The molecule has 1 spiro atoms. The Morgan fingerprint density at radius 2 is 2.37 bits per heavy atom. The molecule has 0 bridgehead atoms. The summed E-state index contributed by atoms with van der Waals surface area (Å²) in [6, 6.07) is 2.02. The van der Waals surface area contributed by atoms with E-state index in [-0.39, 0.29) is 5.41 Å². The molecule has 1 atom stereocenters. The smallest absolute Gasteiger partial charge is 0.222 e. The summed E-state index contributed by atoms with van der Waals surface area (Å²) in [6.07, 6.45) is 5.45. The zero-order valence-corrected chi connectivity index (χ0v) is 11.5. The molecule has 3 heterocycles. The second-order valence-corrected chi connectivity index (χ2v) is 5.81. The van der Waals surface area contributed by atoms with E-state index in [9.17, 15) is 4.79 Å². The highest BCUT2D eigenvalue weighted by atomic mass is 16.5. The maximum atomic E-state index is 12.0. The van der Waals surface area contributed by atoms with Crippen LogP contribution in [-0.2, 0) is 23.0 Å². The van der Waals surface area contributed by atoms with Gasteiger partial charge in [0.05, 0.1) is 6.61 Å². The van der Waals surface area contributed by atoms with Crippen molar-refractivity contribution in [2.45, 2.75) is 25.7 Å². The number of nitrogens with zero attached hydrogens (tertiary/aromatic N) is 3. The van der Waals surface area contributed by atoms with E-state index >= 15 is 0 Å². The Morgan fingerprint density at radius 1 is 1.47 bits per heavy atom. The fraction of sp³-hybridized carbons (Fsp3) is 0.714. The van der Waals surface area contributed by atoms with Gasteiger partial charge in [-0.25, -0.2) is 0 Å². The zero-order valence-electron chi connectivity index (χ0n) is 11.5. The highest BCUT2D eigenvalue weighted by molar-refractivity contribution is 5.77. The van der Waals surface area contributed by atoms with Crippen LogP contribution in [0.25, 0.3) is 0 Å². The van der Waals surface area contributed by atoms with Crippen molar-refractivity contribution in [1.82, 2.24) is 14.7 Å². The summed E-state index contributed by atoms with van der Waals surface area (Å²) in [5.74, 6) is 0.291. The summed E-state index contributed by atoms with van der Waals surface area (Å²) in [5, 5.41) is 4.16. The van der Waals surface area contributed by atoms with Crippen LogP contribution in [0, 0.1) is 5.41 Å². The van der Waals surface area contributed by atoms with E-state index in [0.29, 0.717) is 12.3 Å². The van der Waals surface area contributed by atoms with E-state index < -0.39 is 0 Å². The van der Waals surface area contributed by atoms with Gasteiger partial charge in [-0.15, -0.1) is 0 Å². The molecule has 2 aliphatic heterocycles. The Balaban J connectivity index is 1.62. The number of ether oxygens (including phenoxy) is 1. The van der Waals surface area contributed by atoms with Crippen molar-refractivity contribution in [1.29, 1.82) is 0 Å². The SMILES string of the molecule is Cn1nccc1CCN1CC2(CCOC2)CCC1=O. The van der Waals surface area contributed by atoms with Crippen LogP contribution < -0.4 is 0 Å². The molecule has 19 heavy (non-hydrogen) atoms. The van der Waals surface area contributed by atoms with Crippen molar-refractivity contribution < 1.29 is 9.53 Å². The minimum atomic E-state index is 0.236. The Hall–Kier alpha value is -1.36. The molecule has 0 N–H and O–H groups in total. The molecule has 2 fully saturated rings. The van der Waals surface area contributed by atoms with Crippen molar-refractivity contribution in [3.8, 4) is 0 Å². The quantitative estimate of drug-likeness (QED) is 0.817. The second-order valence-electron chi connectivity index (χ2n) is 5.81. The molecule has 1 aromatic heterocycles. The number of carbonyl (C=O) groups is 1. The maximum Gasteiger partial charge on any atom is 0.222 e. The number of likely N-dealkylation sites (tertiary alicyclic amines) is 1. The molecule has 0 radical (unpaired) electrons. The minimum Gasteiger partial charge on any atom is -0.381 e. The van der Waals surface area contributed by atoms with E-state index in [1.165, 1.54) is 5.69 Å². The van der Waals surface area contributed by atoms with Crippen molar-refractivity contribution >= 4 is 5.91 Å². The third-order valence-electron chi connectivity index (χ3n) is 4.49. The van der Waals surface area contributed by atoms with E-state index in [1.807, 2.05) is 22.7 Å². The highest BCUT2D eigenvalue weighted by Gasteiger charge is 2.41. The summed E-state index contributed by atoms with van der Waals surface area (Å²) in [6.45, 7) is 3.33. The van der Waals surface area contributed by atoms with E-state index in [2.05, 4.69) is 5.10 Å². The molecule has 5 nitrogen and oxygen atoms in total. The third kappa shape index (κ3) is 2.52. The Labute approximate surface area is 113 Å². The van der Waals surface area contributed by atoms with Gasteiger partial charge in [0.15, 0.2) is 0 Å². The van der Waals surface area contributed by atoms with Gasteiger partial charge in [0.2, 0.25) is 5.91 Å². The second kappa shape index (κ2) is 4.96. The number of rotatable bonds is 3. The minimum absolute atomic E-state index is 0.236. The molecule has 0 saturated carbocycles. The average Bonchev–Trinajstić information content (AvgIpc) is 3.01. The number of piperidine rings is 1. The first-order valence-corrected chi connectivity index (χ1v) is 7.01. The van der Waals surface area contributed by atoms with Gasteiger partial charge in [0, 0.05) is 56.9 Å². The van der Waals surface area contributed by atoms with Crippen molar-refractivity contribution in [3.63, 3.8) is 0 Å². The highest BCUT2D eigenvalue weighted by Crippen LogP contribution is 2.37. The lowest BCUT2D eigenvalue weighted by molar-refractivity contribution is -0.137. The lowest BCUT2D eigenvalue weighted by Crippen LogP contribution is -2.47. The zero-order chi connectivity index (χ0) is 13.3. The third-order valence-corrected chi connectivity index (χ3v) is 4.49. The number of hydrogen-bond donors (Lipinski definition) is 0. The number of aromatic nitrogens is 2. The molecule has 0 aliphatic carbocycles. The van der Waals surface area contributed by atoms with Gasteiger partial charge in [0.25, 0.3) is 0 Å². The normalized spacial score (nSPS) is 27.4. The van der Waals surface area contributed by atoms with Gasteiger partial charge in [-0.3, -0.25) is 9.48 Å². The fourth-order valence-electron chi connectivity index (χ4n) is 3.17. The first kappa shape index (κ1) is 12.7. The molecular formula is C14H21N3O2. The van der Waals surface area contributed by atoms with Gasteiger partial charge in [-0.1, -0.05) is 0 Å². The average molecular weight is 263 g/mol. The van der Waals surface area contributed by atoms with E-state index in [1.54, 1.807) is 6.20 Å². The summed E-state index contributed by atoms with van der Waals surface area (Å²) in [4.78, 5) is 14.1. The molecule has 2 aliphatic rings. The number of aryl methyl sites for hydroxylation is 1. The Bertz CT molecular complexity index is 463. The molecule has 104 valence electrons. The molecule has 0 aromatic carbocycles. The van der Waals surface area contributed by atoms with Crippen molar-refractivity contribution in [3.05, 3.63) is 18.0 Å². The van der Waals surface area contributed by atoms with E-state index in [0.717, 1.165) is 45.6 Å². The lowest BCUT2D eigenvalue weighted by Gasteiger charge is -2.39.